The predicted octanol–water partition coefficient (Wildman–Crippen LogP) is 4.28. The lowest BCUT2D eigenvalue weighted by Gasteiger charge is -2.20. The second kappa shape index (κ2) is 5.43. The average Bonchev–Trinajstić information content (AvgIpc) is 3.17. The van der Waals surface area contributed by atoms with Crippen LogP contribution in [0.4, 0.5) is 0 Å². The van der Waals surface area contributed by atoms with Gasteiger partial charge < -0.3 is 10.4 Å². The quantitative estimate of drug-likeness (QED) is 0.886. The predicted molar refractivity (Wildman–Crippen MR) is 87.8 cm³/mol. The van der Waals surface area contributed by atoms with E-state index in [1.54, 1.807) is 23.5 Å². The van der Waals surface area contributed by atoms with E-state index in [4.69, 9.17) is 4.98 Å². The van der Waals surface area contributed by atoms with Crippen LogP contribution in [0.5, 0.6) is 5.75 Å². The lowest BCUT2D eigenvalue weighted by atomic mass is 10.1. The van der Waals surface area contributed by atoms with Gasteiger partial charge in [-0.2, -0.15) is 0 Å². The van der Waals surface area contributed by atoms with Gasteiger partial charge in [-0.15, -0.1) is 11.3 Å². The molecule has 1 aliphatic rings. The van der Waals surface area contributed by atoms with Gasteiger partial charge in [-0.1, -0.05) is 0 Å². The Bertz CT molecular complexity index is 621. The van der Waals surface area contributed by atoms with E-state index >= 15 is 0 Å². The number of aromatic hydroxyl groups is 1. The third-order valence-electron chi connectivity index (χ3n) is 3.59. The molecule has 0 spiro atoms. The van der Waals surface area contributed by atoms with Crippen molar-refractivity contribution in [3.8, 4) is 16.3 Å². The van der Waals surface area contributed by atoms with E-state index in [2.05, 4.69) is 26.1 Å². The maximum Gasteiger partial charge on any atom is 0.123 e. The summed E-state index contributed by atoms with van der Waals surface area (Å²) in [5.41, 5.74) is 2.48. The van der Waals surface area contributed by atoms with Gasteiger partial charge >= 0.3 is 0 Å². The topological polar surface area (TPSA) is 45.1 Å². The van der Waals surface area contributed by atoms with Crippen molar-refractivity contribution in [1.29, 1.82) is 0 Å². The van der Waals surface area contributed by atoms with Crippen molar-refractivity contribution in [1.82, 2.24) is 10.3 Å². The molecule has 0 radical (unpaired) electrons. The van der Waals surface area contributed by atoms with Crippen LogP contribution in [0, 0.1) is 0 Å². The number of phenolic OH excluding ortho intramolecular Hbond substituents is 1. The average molecular weight is 302 g/mol. The van der Waals surface area contributed by atoms with Crippen LogP contribution in [0.3, 0.4) is 0 Å². The molecule has 0 amide bonds. The van der Waals surface area contributed by atoms with Crippen LogP contribution in [-0.4, -0.2) is 15.6 Å². The minimum Gasteiger partial charge on any atom is -0.508 e. The Morgan fingerprint density at radius 3 is 2.48 bits per heavy atom. The van der Waals surface area contributed by atoms with E-state index in [0.717, 1.165) is 17.1 Å². The van der Waals surface area contributed by atoms with Crippen molar-refractivity contribution < 1.29 is 5.11 Å². The molecule has 4 heteroatoms. The summed E-state index contributed by atoms with van der Waals surface area (Å²) in [6, 6.07) is 7.32. The molecule has 0 saturated heterocycles. The summed E-state index contributed by atoms with van der Waals surface area (Å²) in [7, 11) is 0. The highest BCUT2D eigenvalue weighted by Gasteiger charge is 2.30. The van der Waals surface area contributed by atoms with Crippen LogP contribution in [0.2, 0.25) is 0 Å². The Labute approximate surface area is 130 Å². The maximum atomic E-state index is 9.41. The fourth-order valence-electron chi connectivity index (χ4n) is 2.24. The van der Waals surface area contributed by atoms with Gasteiger partial charge in [0.1, 0.15) is 10.8 Å². The SMILES string of the molecule is CC(C)(C)NCc1sc(-c2ccc(O)cc2)nc1C1CC1. The van der Waals surface area contributed by atoms with Crippen LogP contribution in [0.25, 0.3) is 10.6 Å². The van der Waals surface area contributed by atoms with Gasteiger partial charge in [-0.3, -0.25) is 0 Å². The van der Waals surface area contributed by atoms with Gasteiger partial charge in [0, 0.05) is 28.4 Å². The van der Waals surface area contributed by atoms with E-state index in [1.165, 1.54) is 23.4 Å². The molecular weight excluding hydrogens is 280 g/mol. The highest BCUT2D eigenvalue weighted by Crippen LogP contribution is 2.44. The number of rotatable bonds is 4. The lowest BCUT2D eigenvalue weighted by molar-refractivity contribution is 0.425. The van der Waals surface area contributed by atoms with Crippen LogP contribution in [0.15, 0.2) is 24.3 Å². The second-order valence-electron chi connectivity index (χ2n) is 6.75. The van der Waals surface area contributed by atoms with Gasteiger partial charge in [0.05, 0.1) is 5.69 Å². The number of phenols is 1. The molecule has 0 unspecified atom stereocenters. The zero-order valence-electron chi connectivity index (χ0n) is 12.8. The van der Waals surface area contributed by atoms with E-state index in [0.29, 0.717) is 11.7 Å². The van der Waals surface area contributed by atoms with Gasteiger partial charge in [0.25, 0.3) is 0 Å². The molecule has 2 aromatic rings. The summed E-state index contributed by atoms with van der Waals surface area (Å²) in [6.45, 7) is 7.44. The zero-order valence-corrected chi connectivity index (χ0v) is 13.6. The molecule has 1 heterocycles. The third-order valence-corrected chi connectivity index (χ3v) is 4.71. The molecule has 3 nitrogen and oxygen atoms in total. The number of nitrogens with zero attached hydrogens (tertiary/aromatic N) is 1. The molecule has 1 fully saturated rings. The van der Waals surface area contributed by atoms with Crippen LogP contribution >= 0.6 is 11.3 Å². The molecule has 0 bridgehead atoms. The molecule has 3 rings (SSSR count). The molecule has 1 aromatic carbocycles. The van der Waals surface area contributed by atoms with E-state index < -0.39 is 0 Å². The van der Waals surface area contributed by atoms with E-state index in [1.807, 2.05) is 12.1 Å². The van der Waals surface area contributed by atoms with Crippen LogP contribution in [-0.2, 0) is 6.54 Å². The molecule has 1 saturated carbocycles. The first-order chi connectivity index (χ1) is 9.92. The fraction of sp³-hybridized carbons (Fsp3) is 0.471. The van der Waals surface area contributed by atoms with Crippen LogP contribution in [0.1, 0.15) is 50.1 Å². The lowest BCUT2D eigenvalue weighted by Crippen LogP contribution is -2.35. The molecule has 1 aromatic heterocycles. The smallest absolute Gasteiger partial charge is 0.123 e. The van der Waals surface area contributed by atoms with Crippen LogP contribution < -0.4 is 5.32 Å². The largest absolute Gasteiger partial charge is 0.508 e. The van der Waals surface area contributed by atoms with Crippen molar-refractivity contribution in [2.45, 2.75) is 51.6 Å². The Kier molecular flexibility index (Phi) is 3.76. The number of nitrogens with one attached hydrogen (secondary N) is 1. The minimum atomic E-state index is 0.115. The van der Waals surface area contributed by atoms with Gasteiger partial charge in [-0.05, 0) is 57.9 Å². The summed E-state index contributed by atoms with van der Waals surface area (Å²) in [4.78, 5) is 6.23. The number of hydrogen-bond donors (Lipinski definition) is 2. The van der Waals surface area contributed by atoms with Crippen molar-refractivity contribution in [3.05, 3.63) is 34.8 Å². The minimum absolute atomic E-state index is 0.115. The maximum absolute atomic E-state index is 9.41. The van der Waals surface area contributed by atoms with E-state index in [-0.39, 0.29) is 5.54 Å². The molecule has 0 aliphatic heterocycles. The second-order valence-corrected chi connectivity index (χ2v) is 7.84. The third kappa shape index (κ3) is 3.63. The number of aromatic nitrogens is 1. The summed E-state index contributed by atoms with van der Waals surface area (Å²) in [5, 5.41) is 14.0. The van der Waals surface area contributed by atoms with Crippen molar-refractivity contribution in [2.75, 3.05) is 0 Å². The molecule has 0 atom stereocenters. The summed E-state index contributed by atoms with van der Waals surface area (Å²) < 4.78 is 0. The molecule has 2 N–H and O–H groups in total. The molecule has 1 aliphatic carbocycles. The first kappa shape index (κ1) is 14.5. The number of thiazole rings is 1. The Morgan fingerprint density at radius 1 is 1.24 bits per heavy atom. The normalized spacial score (nSPS) is 15.4. The summed E-state index contributed by atoms with van der Waals surface area (Å²) >= 11 is 1.77. The molecule has 112 valence electrons. The highest BCUT2D eigenvalue weighted by molar-refractivity contribution is 7.15. The van der Waals surface area contributed by atoms with Crippen molar-refractivity contribution in [2.24, 2.45) is 0 Å². The van der Waals surface area contributed by atoms with Gasteiger partial charge in [0.2, 0.25) is 0 Å². The monoisotopic (exact) mass is 302 g/mol. The highest BCUT2D eigenvalue weighted by atomic mass is 32.1. The summed E-state index contributed by atoms with van der Waals surface area (Å²) in [6.07, 6.45) is 2.53. The Hall–Kier alpha value is -1.39. The standard InChI is InChI=1S/C17H22N2OS/c1-17(2,3)18-10-14-15(11-4-5-11)19-16(21-14)12-6-8-13(20)9-7-12/h6-9,11,18,20H,4-5,10H2,1-3H3. The molecule has 21 heavy (non-hydrogen) atoms. The molecular formula is C17H22N2OS. The first-order valence-corrected chi connectivity index (χ1v) is 8.28. The Morgan fingerprint density at radius 2 is 1.90 bits per heavy atom. The number of hydrogen-bond acceptors (Lipinski definition) is 4. The zero-order chi connectivity index (χ0) is 15.0. The van der Waals surface area contributed by atoms with Gasteiger partial charge in [-0.25, -0.2) is 4.98 Å². The van der Waals surface area contributed by atoms with E-state index in [9.17, 15) is 5.11 Å². The number of benzene rings is 1. The van der Waals surface area contributed by atoms with Gasteiger partial charge in [0.15, 0.2) is 0 Å². The van der Waals surface area contributed by atoms with Crippen molar-refractivity contribution in [3.63, 3.8) is 0 Å². The first-order valence-electron chi connectivity index (χ1n) is 7.46. The van der Waals surface area contributed by atoms with Crippen molar-refractivity contribution >= 4 is 11.3 Å². The summed E-state index contributed by atoms with van der Waals surface area (Å²) in [5.74, 6) is 0.955. The Balaban J connectivity index is 1.87. The fourth-order valence-corrected chi connectivity index (χ4v) is 3.33.